The number of hydrogen-bond acceptors (Lipinski definition) is 5. The van der Waals surface area contributed by atoms with Crippen molar-refractivity contribution in [3.8, 4) is 11.5 Å². The highest BCUT2D eigenvalue weighted by Gasteiger charge is 2.25. The molecule has 1 unspecified atom stereocenters. The first-order chi connectivity index (χ1) is 11.1. The van der Waals surface area contributed by atoms with Crippen LogP contribution in [0.5, 0.6) is 11.5 Å². The van der Waals surface area contributed by atoms with Gasteiger partial charge >= 0.3 is 0 Å². The predicted molar refractivity (Wildman–Crippen MR) is 94.2 cm³/mol. The van der Waals surface area contributed by atoms with E-state index in [1.54, 1.807) is 12.1 Å². The minimum Gasteiger partial charge on any atom is -0.497 e. The molecular weight excluding hydrogens is 332 g/mol. The van der Waals surface area contributed by atoms with Crippen LogP contribution in [-0.2, 0) is 14.8 Å². The molecule has 0 spiro atoms. The van der Waals surface area contributed by atoms with Gasteiger partial charge in [-0.15, -0.1) is 0 Å². The molecule has 1 amide bonds. The summed E-state index contributed by atoms with van der Waals surface area (Å²) < 4.78 is 35.8. The second-order valence-corrected chi connectivity index (χ2v) is 7.81. The summed E-state index contributed by atoms with van der Waals surface area (Å²) in [6.45, 7) is 5.49. The fourth-order valence-electron chi connectivity index (χ4n) is 1.97. The second-order valence-electron chi connectivity index (χ2n) is 5.91. The van der Waals surface area contributed by atoms with Crippen molar-refractivity contribution in [2.45, 2.75) is 26.8 Å². The van der Waals surface area contributed by atoms with Gasteiger partial charge in [0.25, 0.3) is 0 Å². The molecule has 136 valence electrons. The zero-order valence-electron chi connectivity index (χ0n) is 15.0. The van der Waals surface area contributed by atoms with Crippen molar-refractivity contribution >= 4 is 21.6 Å². The number of rotatable bonds is 8. The van der Waals surface area contributed by atoms with E-state index in [-0.39, 0.29) is 30.1 Å². The smallest absolute Gasteiger partial charge is 0.240 e. The first kappa shape index (κ1) is 20.1. The molecule has 1 aromatic carbocycles. The van der Waals surface area contributed by atoms with Gasteiger partial charge in [0.15, 0.2) is 0 Å². The summed E-state index contributed by atoms with van der Waals surface area (Å²) in [6.07, 6.45) is 1.05. The number of carbonyl (C=O) groups is 1. The first-order valence-corrected chi connectivity index (χ1v) is 9.44. The third-order valence-corrected chi connectivity index (χ3v) is 4.86. The summed E-state index contributed by atoms with van der Waals surface area (Å²) in [4.78, 5) is 12.3. The lowest BCUT2D eigenvalue weighted by molar-refractivity contribution is -0.120. The van der Waals surface area contributed by atoms with Gasteiger partial charge in [0, 0.05) is 12.1 Å². The van der Waals surface area contributed by atoms with E-state index in [1.165, 1.54) is 20.3 Å². The molecule has 0 aliphatic heterocycles. The Morgan fingerprint density at radius 3 is 2.29 bits per heavy atom. The van der Waals surface area contributed by atoms with E-state index in [4.69, 9.17) is 9.47 Å². The van der Waals surface area contributed by atoms with Crippen LogP contribution < -0.4 is 19.1 Å². The maximum absolute atomic E-state index is 12.3. The van der Waals surface area contributed by atoms with Crippen LogP contribution in [0.4, 0.5) is 5.69 Å². The molecule has 8 heteroatoms. The van der Waals surface area contributed by atoms with Crippen LogP contribution in [0.2, 0.25) is 0 Å². The van der Waals surface area contributed by atoms with Gasteiger partial charge < -0.3 is 14.8 Å². The largest absolute Gasteiger partial charge is 0.497 e. The van der Waals surface area contributed by atoms with E-state index in [1.807, 2.05) is 20.8 Å². The van der Waals surface area contributed by atoms with Crippen molar-refractivity contribution in [2.75, 3.05) is 31.3 Å². The molecule has 7 nitrogen and oxygen atoms in total. The molecule has 0 saturated carbocycles. The van der Waals surface area contributed by atoms with E-state index >= 15 is 0 Å². The Balaban J connectivity index is 3.18. The summed E-state index contributed by atoms with van der Waals surface area (Å²) in [7, 11) is -0.773. The van der Waals surface area contributed by atoms with Crippen LogP contribution in [0.3, 0.4) is 0 Å². The Hall–Kier alpha value is -1.96. The summed E-state index contributed by atoms with van der Waals surface area (Å²) in [5.41, 5.74) is 0.256. The normalized spacial score (nSPS) is 12.6. The molecule has 0 radical (unpaired) electrons. The number of hydrogen-bond donors (Lipinski definition) is 1. The van der Waals surface area contributed by atoms with E-state index in [2.05, 4.69) is 5.32 Å². The van der Waals surface area contributed by atoms with Gasteiger partial charge in [-0.3, -0.25) is 9.10 Å². The highest BCUT2D eigenvalue weighted by atomic mass is 32.2. The average molecular weight is 358 g/mol. The maximum Gasteiger partial charge on any atom is 0.240 e. The van der Waals surface area contributed by atoms with Crippen molar-refractivity contribution in [2.24, 2.45) is 5.92 Å². The number of nitrogens with zero attached hydrogens (tertiary/aromatic N) is 1. The molecule has 0 heterocycles. The Labute approximate surface area is 144 Å². The fourth-order valence-corrected chi connectivity index (χ4v) is 2.82. The van der Waals surface area contributed by atoms with E-state index in [0.29, 0.717) is 11.5 Å². The molecule has 0 fully saturated rings. The third-order valence-electron chi connectivity index (χ3n) is 3.73. The van der Waals surface area contributed by atoms with Gasteiger partial charge in [0.1, 0.15) is 18.0 Å². The topological polar surface area (TPSA) is 84.9 Å². The molecule has 0 aliphatic rings. The van der Waals surface area contributed by atoms with Gasteiger partial charge in [-0.05, 0) is 25.0 Å². The summed E-state index contributed by atoms with van der Waals surface area (Å²) >= 11 is 0. The molecule has 1 aromatic rings. The molecule has 0 bridgehead atoms. The predicted octanol–water partition coefficient (Wildman–Crippen LogP) is 1.63. The molecule has 1 rings (SSSR count). The Morgan fingerprint density at radius 2 is 1.83 bits per heavy atom. The van der Waals surface area contributed by atoms with Crippen LogP contribution in [0.15, 0.2) is 18.2 Å². The van der Waals surface area contributed by atoms with Gasteiger partial charge in [0.05, 0.1) is 26.2 Å². The van der Waals surface area contributed by atoms with E-state index in [9.17, 15) is 13.2 Å². The van der Waals surface area contributed by atoms with Gasteiger partial charge in [-0.1, -0.05) is 13.8 Å². The zero-order valence-corrected chi connectivity index (χ0v) is 15.8. The third kappa shape index (κ3) is 5.30. The van der Waals surface area contributed by atoms with Crippen LogP contribution in [0.1, 0.15) is 20.8 Å². The second kappa shape index (κ2) is 8.23. The standard InChI is InChI=1S/C16H26N2O5S/c1-11(2)12(3)17-16(19)10-18(24(6,20)21)14-9-13(22-4)7-8-15(14)23-5/h7-9,11-12H,10H2,1-6H3,(H,17,19). The van der Waals surface area contributed by atoms with Crippen LogP contribution >= 0.6 is 0 Å². The van der Waals surface area contributed by atoms with Crippen molar-refractivity contribution in [3.05, 3.63) is 18.2 Å². The highest BCUT2D eigenvalue weighted by molar-refractivity contribution is 7.92. The van der Waals surface area contributed by atoms with Crippen LogP contribution in [0, 0.1) is 5.92 Å². The van der Waals surface area contributed by atoms with Gasteiger partial charge in [-0.25, -0.2) is 8.42 Å². The lowest BCUT2D eigenvalue weighted by Gasteiger charge is -2.25. The number of sulfonamides is 1. The maximum atomic E-state index is 12.3. The molecule has 0 saturated heterocycles. The number of amides is 1. The lowest BCUT2D eigenvalue weighted by Crippen LogP contribution is -2.44. The number of nitrogens with one attached hydrogen (secondary N) is 1. The first-order valence-electron chi connectivity index (χ1n) is 7.59. The summed E-state index contributed by atoms with van der Waals surface area (Å²) in [6, 6.07) is 4.72. The highest BCUT2D eigenvalue weighted by Crippen LogP contribution is 2.33. The number of carbonyl (C=O) groups excluding carboxylic acids is 1. The van der Waals surface area contributed by atoms with E-state index < -0.39 is 10.0 Å². The summed E-state index contributed by atoms with van der Waals surface area (Å²) in [5, 5.41) is 2.80. The lowest BCUT2D eigenvalue weighted by atomic mass is 10.1. The Kier molecular flexibility index (Phi) is 6.89. The number of anilines is 1. The number of methoxy groups -OCH3 is 2. The Bertz CT molecular complexity index is 673. The monoisotopic (exact) mass is 358 g/mol. The SMILES string of the molecule is COc1ccc(OC)c(N(CC(=O)NC(C)C(C)C)S(C)(=O)=O)c1. The van der Waals surface area contributed by atoms with E-state index in [0.717, 1.165) is 10.6 Å². The molecule has 1 N–H and O–H groups in total. The van der Waals surface area contributed by atoms with Crippen molar-refractivity contribution in [3.63, 3.8) is 0 Å². The minimum absolute atomic E-state index is 0.0638. The summed E-state index contributed by atoms with van der Waals surface area (Å²) in [5.74, 6) is 0.667. The number of ether oxygens (including phenoxy) is 2. The quantitative estimate of drug-likeness (QED) is 0.763. The van der Waals surface area contributed by atoms with Crippen molar-refractivity contribution < 1.29 is 22.7 Å². The fraction of sp³-hybridized carbons (Fsp3) is 0.562. The molecule has 1 atom stereocenters. The minimum atomic E-state index is -3.69. The van der Waals surface area contributed by atoms with Crippen molar-refractivity contribution in [1.29, 1.82) is 0 Å². The molecule has 0 aliphatic carbocycles. The zero-order chi connectivity index (χ0) is 18.5. The molecule has 24 heavy (non-hydrogen) atoms. The molecule has 0 aromatic heterocycles. The van der Waals surface area contributed by atoms with Crippen molar-refractivity contribution in [1.82, 2.24) is 5.32 Å². The van der Waals surface area contributed by atoms with Gasteiger partial charge in [-0.2, -0.15) is 0 Å². The number of benzene rings is 1. The van der Waals surface area contributed by atoms with Crippen LogP contribution in [0.25, 0.3) is 0 Å². The van der Waals surface area contributed by atoms with Crippen LogP contribution in [-0.4, -0.2) is 47.4 Å². The Morgan fingerprint density at radius 1 is 1.21 bits per heavy atom. The average Bonchev–Trinajstić information content (AvgIpc) is 2.50. The van der Waals surface area contributed by atoms with Gasteiger partial charge in [0.2, 0.25) is 15.9 Å². The molecular formula is C16H26N2O5S.